The summed E-state index contributed by atoms with van der Waals surface area (Å²) in [6.07, 6.45) is 4.44. The molecule has 12 aromatic carbocycles. The van der Waals surface area contributed by atoms with Crippen LogP contribution in [-0.2, 0) is 22.2 Å². The lowest BCUT2D eigenvalue weighted by atomic mass is 9.77. The topological polar surface area (TPSA) is 54.6 Å². The van der Waals surface area contributed by atoms with Gasteiger partial charge in [0.05, 0.1) is 22.2 Å². The highest BCUT2D eigenvalue weighted by Gasteiger charge is 2.40. The molecule has 0 aliphatic rings. The van der Waals surface area contributed by atoms with Crippen molar-refractivity contribution < 1.29 is 0 Å². The monoisotopic (exact) mass is 1260 g/mol. The molecular weight excluding hydrogens is 1170 g/mol. The van der Waals surface area contributed by atoms with Gasteiger partial charge < -0.3 is 9.80 Å². The molecule has 0 atom stereocenters. The van der Waals surface area contributed by atoms with Crippen LogP contribution in [-0.4, -0.2) is 75.2 Å². The van der Waals surface area contributed by atoms with E-state index in [4.69, 9.17) is 0 Å². The van der Waals surface area contributed by atoms with Crippen molar-refractivity contribution in [1.29, 1.82) is 0 Å². The van der Waals surface area contributed by atoms with Crippen LogP contribution in [0.2, 0.25) is 0 Å². The first-order valence-electron chi connectivity index (χ1n) is 34.7. The molecule has 4 N–H and O–H groups in total. The Morgan fingerprint density at radius 2 is 0.281 bits per heavy atom. The zero-order chi connectivity index (χ0) is 65.2. The standard InChI is InChI=1S/C90H92N6/c1(39-69-95(71-65-91-87(75-41-15-3-16-42-75,76-43-17-4-18-44-76)77-45-19-5-20-46-77)72-66-92-88(78-47-21-6-22-48-78,79-49-23-7-24-50-79)80-51-25-8-26-52-80)2-40-70-96(73-67-93-89(81-53-27-9-28-54-81,82-55-29-10-30-56-82)83-57-31-11-32-58-83)74-68-94-90(84-59-33-12-34-60-84,85-61-35-13-36-62-85)86-63-37-14-38-64-86/h3-38,41-64,91-94H,1-2,39-40,65-74H2. The van der Waals surface area contributed by atoms with Crippen LogP contribution in [0.4, 0.5) is 0 Å². The maximum Gasteiger partial charge on any atom is 0.0948 e. The van der Waals surface area contributed by atoms with Crippen LogP contribution >= 0.6 is 0 Å². The number of unbranched alkanes of at least 4 members (excludes halogenated alkanes) is 3. The molecule has 0 unspecified atom stereocenters. The summed E-state index contributed by atoms with van der Waals surface area (Å²) in [5.41, 5.74) is 12.4. The molecular formula is C90H92N6. The predicted molar refractivity (Wildman–Crippen MR) is 400 cm³/mol. The van der Waals surface area contributed by atoms with Crippen molar-refractivity contribution in [3.63, 3.8) is 0 Å². The third-order valence-corrected chi connectivity index (χ3v) is 19.5. The Morgan fingerprint density at radius 3 is 0.406 bits per heavy atom. The second-order valence-corrected chi connectivity index (χ2v) is 25.2. The van der Waals surface area contributed by atoms with Crippen LogP contribution in [0.25, 0.3) is 0 Å². The van der Waals surface area contributed by atoms with Crippen molar-refractivity contribution in [2.45, 2.75) is 47.8 Å². The molecule has 482 valence electrons. The van der Waals surface area contributed by atoms with Gasteiger partial charge in [-0.25, -0.2) is 0 Å². The highest BCUT2D eigenvalue weighted by molar-refractivity contribution is 5.54. The van der Waals surface area contributed by atoms with Crippen molar-refractivity contribution in [3.05, 3.63) is 431 Å². The van der Waals surface area contributed by atoms with Gasteiger partial charge in [-0.15, -0.1) is 0 Å². The van der Waals surface area contributed by atoms with Crippen molar-refractivity contribution in [1.82, 2.24) is 31.1 Å². The Morgan fingerprint density at radius 1 is 0.156 bits per heavy atom. The Hall–Kier alpha value is -9.60. The zero-order valence-corrected chi connectivity index (χ0v) is 55.4. The molecule has 0 heterocycles. The lowest BCUT2D eigenvalue weighted by Gasteiger charge is -2.39. The van der Waals surface area contributed by atoms with Crippen LogP contribution in [0.5, 0.6) is 0 Å². The van der Waals surface area contributed by atoms with E-state index >= 15 is 0 Å². The van der Waals surface area contributed by atoms with Gasteiger partial charge in [0.1, 0.15) is 0 Å². The molecule has 0 amide bonds. The maximum atomic E-state index is 4.25. The fraction of sp³-hybridized carbons (Fsp3) is 0.200. The normalized spacial score (nSPS) is 12.1. The number of hydrogen-bond acceptors (Lipinski definition) is 6. The van der Waals surface area contributed by atoms with E-state index < -0.39 is 22.2 Å². The zero-order valence-electron chi connectivity index (χ0n) is 55.4. The molecule has 0 aliphatic heterocycles. The van der Waals surface area contributed by atoms with Gasteiger partial charge in [0, 0.05) is 52.4 Å². The number of nitrogens with one attached hydrogen (secondary N) is 4. The molecule has 0 radical (unpaired) electrons. The molecule has 0 saturated carbocycles. The van der Waals surface area contributed by atoms with Gasteiger partial charge in [0.25, 0.3) is 0 Å². The van der Waals surface area contributed by atoms with Gasteiger partial charge in [0.15, 0.2) is 0 Å². The summed E-state index contributed by atoms with van der Waals surface area (Å²) in [7, 11) is 0. The minimum atomic E-state index is -0.564. The first-order valence-corrected chi connectivity index (χ1v) is 34.7. The summed E-state index contributed by atoms with van der Waals surface area (Å²) in [5, 5.41) is 17.0. The number of rotatable bonds is 35. The second-order valence-electron chi connectivity index (χ2n) is 25.2. The Labute approximate surface area is 571 Å². The predicted octanol–water partition coefficient (Wildman–Crippen LogP) is 17.5. The van der Waals surface area contributed by atoms with E-state index in [1.807, 2.05) is 0 Å². The maximum absolute atomic E-state index is 4.25. The van der Waals surface area contributed by atoms with Gasteiger partial charge in [0.2, 0.25) is 0 Å². The molecule has 6 heteroatoms. The van der Waals surface area contributed by atoms with Gasteiger partial charge in [-0.1, -0.05) is 377 Å². The summed E-state index contributed by atoms with van der Waals surface area (Å²) in [5.74, 6) is 0. The summed E-state index contributed by atoms with van der Waals surface area (Å²) in [6, 6.07) is 132. The first kappa shape index (κ1) is 66.4. The quantitative estimate of drug-likeness (QED) is 0.0235. The van der Waals surface area contributed by atoms with Gasteiger partial charge in [-0.05, 0) is 92.7 Å². The average molecular weight is 1260 g/mol. The molecule has 0 aliphatic carbocycles. The van der Waals surface area contributed by atoms with Crippen molar-refractivity contribution >= 4 is 0 Å². The lowest BCUT2D eigenvalue weighted by molar-refractivity contribution is 0.242. The van der Waals surface area contributed by atoms with E-state index in [-0.39, 0.29) is 0 Å². The van der Waals surface area contributed by atoms with E-state index in [1.165, 1.54) is 66.8 Å². The minimum Gasteiger partial charge on any atom is -0.301 e. The molecule has 96 heavy (non-hydrogen) atoms. The van der Waals surface area contributed by atoms with Crippen molar-refractivity contribution in [2.24, 2.45) is 0 Å². The van der Waals surface area contributed by atoms with Crippen LogP contribution in [0.1, 0.15) is 92.4 Å². The summed E-state index contributed by atoms with van der Waals surface area (Å²) >= 11 is 0. The number of benzene rings is 12. The Balaban J connectivity index is 0.803. The Kier molecular flexibility index (Phi) is 23.3. The minimum absolute atomic E-state index is 0.564. The Bertz CT molecular complexity index is 3170. The highest BCUT2D eigenvalue weighted by Crippen LogP contribution is 2.41. The molecule has 0 fully saturated rings. The number of hydrogen-bond donors (Lipinski definition) is 4. The fourth-order valence-corrected chi connectivity index (χ4v) is 14.8. The van der Waals surface area contributed by atoms with E-state index in [1.54, 1.807) is 0 Å². The molecule has 0 saturated heterocycles. The summed E-state index contributed by atoms with van der Waals surface area (Å²) < 4.78 is 0. The van der Waals surface area contributed by atoms with Crippen LogP contribution in [0.15, 0.2) is 364 Å². The molecule has 12 aromatic rings. The summed E-state index contributed by atoms with van der Waals surface area (Å²) in [4.78, 5) is 5.41. The molecule has 0 bridgehead atoms. The average Bonchev–Trinajstić information content (AvgIpc) is 0.816. The third kappa shape index (κ3) is 15.4. The number of nitrogens with zero attached hydrogens (tertiary/aromatic N) is 2. The van der Waals surface area contributed by atoms with Crippen LogP contribution in [0, 0.1) is 0 Å². The molecule has 6 nitrogen and oxygen atoms in total. The van der Waals surface area contributed by atoms with Crippen molar-refractivity contribution in [2.75, 3.05) is 65.4 Å². The third-order valence-electron chi connectivity index (χ3n) is 19.5. The van der Waals surface area contributed by atoms with E-state index in [0.717, 1.165) is 91.1 Å². The molecule has 0 aromatic heterocycles. The van der Waals surface area contributed by atoms with Crippen LogP contribution in [0.3, 0.4) is 0 Å². The van der Waals surface area contributed by atoms with E-state index in [0.29, 0.717) is 0 Å². The fourth-order valence-electron chi connectivity index (χ4n) is 14.8. The summed E-state index contributed by atoms with van der Waals surface area (Å²) in [6.45, 7) is 8.52. The van der Waals surface area contributed by atoms with Gasteiger partial charge in [-0.3, -0.25) is 21.3 Å². The smallest absolute Gasteiger partial charge is 0.0948 e. The molecule has 12 rings (SSSR count). The van der Waals surface area contributed by atoms with Crippen molar-refractivity contribution in [3.8, 4) is 0 Å². The van der Waals surface area contributed by atoms with E-state index in [9.17, 15) is 0 Å². The SMILES string of the molecule is c1ccc(C(NCCN(CCCCCCN(CCNC(c2ccccc2)(c2ccccc2)c2ccccc2)CCNC(c2ccccc2)(c2ccccc2)c2ccccc2)CCNC(c2ccccc2)(c2ccccc2)c2ccccc2)(c2ccccc2)c2ccccc2)cc1. The van der Waals surface area contributed by atoms with E-state index in [2.05, 4.69) is 395 Å². The van der Waals surface area contributed by atoms with Gasteiger partial charge in [-0.2, -0.15) is 0 Å². The van der Waals surface area contributed by atoms with Gasteiger partial charge >= 0.3 is 0 Å². The molecule has 0 spiro atoms. The van der Waals surface area contributed by atoms with Crippen LogP contribution < -0.4 is 21.3 Å². The largest absolute Gasteiger partial charge is 0.301 e. The first-order chi connectivity index (χ1) is 47.6. The lowest BCUT2D eigenvalue weighted by Crippen LogP contribution is -2.50. The second kappa shape index (κ2) is 33.7. The highest BCUT2D eigenvalue weighted by atomic mass is 15.2.